The summed E-state index contributed by atoms with van der Waals surface area (Å²) in [5, 5.41) is 0.983. The van der Waals surface area contributed by atoms with Crippen LogP contribution in [-0.2, 0) is 3.98 Å². The first-order valence-corrected chi connectivity index (χ1v) is 6.94. The second-order valence-corrected chi connectivity index (χ2v) is 7.55. The van der Waals surface area contributed by atoms with Crippen molar-refractivity contribution in [2.24, 2.45) is 0 Å². The van der Waals surface area contributed by atoms with Gasteiger partial charge in [-0.15, -0.1) is 11.1 Å². The van der Waals surface area contributed by atoms with Gasteiger partial charge in [0.1, 0.15) is 0 Å². The van der Waals surface area contributed by atoms with Crippen LogP contribution in [0.15, 0.2) is 30.3 Å². The first-order valence-electron chi connectivity index (χ1n) is 3.21. The van der Waals surface area contributed by atoms with Crippen molar-refractivity contribution in [2.45, 2.75) is 6.55 Å². The van der Waals surface area contributed by atoms with Crippen molar-refractivity contribution in [1.82, 2.24) is 0 Å². The zero-order valence-electron chi connectivity index (χ0n) is 6.05. The Kier molecular flexibility index (Phi) is 2.95. The molecule has 11 heavy (non-hydrogen) atoms. The maximum Gasteiger partial charge on any atom is 0.340 e. The summed E-state index contributed by atoms with van der Waals surface area (Å²) in [6.45, 7) is 1.83. The van der Waals surface area contributed by atoms with Gasteiger partial charge in [0.2, 0.25) is 0 Å². The van der Waals surface area contributed by atoms with Gasteiger partial charge in [-0.1, -0.05) is 30.3 Å². The van der Waals surface area contributed by atoms with Crippen LogP contribution in [0.2, 0.25) is 6.55 Å². The molecule has 0 amide bonds. The van der Waals surface area contributed by atoms with Gasteiger partial charge in [0.05, 0.1) is 11.9 Å². The van der Waals surface area contributed by atoms with Gasteiger partial charge in [0.15, 0.2) is 0 Å². The van der Waals surface area contributed by atoms with Gasteiger partial charge in [-0.3, -0.25) is 3.98 Å². The molecule has 0 fully saturated rings. The first-order chi connectivity index (χ1) is 5.17. The second kappa shape index (κ2) is 3.58. The average Bonchev–Trinajstić information content (AvgIpc) is 2.06. The van der Waals surface area contributed by atoms with Gasteiger partial charge in [0, 0.05) is 0 Å². The monoisotopic (exact) mass is 206 g/mol. The van der Waals surface area contributed by atoms with Crippen LogP contribution in [0.3, 0.4) is 0 Å². The lowest BCUT2D eigenvalue weighted by Gasteiger charge is -2.13. The number of benzene rings is 1. The molecule has 60 valence electrons. The van der Waals surface area contributed by atoms with Crippen LogP contribution in [0.25, 0.3) is 0 Å². The summed E-state index contributed by atoms with van der Waals surface area (Å²) in [5.74, 6) is 0. The third-order valence-electron chi connectivity index (χ3n) is 1.43. The molecule has 0 aliphatic carbocycles. The SMILES string of the molecule is C[Si](Cl)(OCl)c1ccccc1. The largest absolute Gasteiger partial charge is 0.340 e. The fourth-order valence-corrected chi connectivity index (χ4v) is 2.30. The summed E-state index contributed by atoms with van der Waals surface area (Å²) in [6.07, 6.45) is 0. The van der Waals surface area contributed by atoms with Crippen LogP contribution in [0, 0.1) is 0 Å². The summed E-state index contributed by atoms with van der Waals surface area (Å²) in [5.41, 5.74) is 0. The van der Waals surface area contributed by atoms with Crippen LogP contribution in [0.4, 0.5) is 0 Å². The third-order valence-corrected chi connectivity index (χ3v) is 5.14. The topological polar surface area (TPSA) is 9.23 Å². The van der Waals surface area contributed by atoms with Gasteiger partial charge >= 0.3 is 7.63 Å². The van der Waals surface area contributed by atoms with Crippen molar-refractivity contribution >= 4 is 35.8 Å². The predicted octanol–water partition coefficient (Wildman–Crippen LogP) is 2.37. The van der Waals surface area contributed by atoms with Gasteiger partial charge < -0.3 is 0 Å². The summed E-state index contributed by atoms with van der Waals surface area (Å²) in [6, 6.07) is 9.60. The smallest absolute Gasteiger partial charge is 0.300 e. The van der Waals surface area contributed by atoms with Crippen LogP contribution in [0.1, 0.15) is 0 Å². The van der Waals surface area contributed by atoms with Gasteiger partial charge in [0.25, 0.3) is 0 Å². The van der Waals surface area contributed by atoms with Crippen LogP contribution < -0.4 is 5.19 Å². The molecule has 1 atom stereocenters. The molecule has 1 unspecified atom stereocenters. The van der Waals surface area contributed by atoms with Crippen molar-refractivity contribution in [2.75, 3.05) is 0 Å². The van der Waals surface area contributed by atoms with Gasteiger partial charge in [-0.25, -0.2) is 0 Å². The van der Waals surface area contributed by atoms with Crippen LogP contribution in [-0.4, -0.2) is 7.63 Å². The highest BCUT2D eigenvalue weighted by atomic mass is 35.6. The minimum Gasteiger partial charge on any atom is -0.300 e. The Bertz CT molecular complexity index is 225. The Hall–Kier alpha value is -0.0231. The standard InChI is InChI=1S/C7H8Cl2OSi/c1-11(9,10-8)7-5-3-2-4-6-7/h2-6H,1H3. The zero-order valence-corrected chi connectivity index (χ0v) is 8.56. The normalized spacial score (nSPS) is 15.9. The molecule has 0 heterocycles. The molecule has 4 heteroatoms. The first kappa shape index (κ1) is 9.07. The molecule has 1 rings (SSSR count). The maximum absolute atomic E-state index is 6.03. The van der Waals surface area contributed by atoms with Gasteiger partial charge in [-0.05, 0) is 11.7 Å². The Morgan fingerprint density at radius 3 is 2.27 bits per heavy atom. The van der Waals surface area contributed by atoms with E-state index in [0.29, 0.717) is 0 Å². The minimum atomic E-state index is -2.32. The van der Waals surface area contributed by atoms with E-state index in [1.165, 1.54) is 0 Å². The van der Waals surface area contributed by atoms with E-state index in [-0.39, 0.29) is 0 Å². The highest BCUT2D eigenvalue weighted by Gasteiger charge is 2.28. The third kappa shape index (κ3) is 2.20. The average molecular weight is 207 g/mol. The predicted molar refractivity (Wildman–Crippen MR) is 50.5 cm³/mol. The zero-order chi connectivity index (χ0) is 8.32. The molecule has 0 aliphatic heterocycles. The fourth-order valence-electron chi connectivity index (χ4n) is 0.780. The van der Waals surface area contributed by atoms with Crippen molar-refractivity contribution in [1.29, 1.82) is 0 Å². The fraction of sp³-hybridized carbons (Fsp3) is 0.143. The summed E-state index contributed by atoms with van der Waals surface area (Å²) >= 11 is 11.3. The number of hydrogen-bond acceptors (Lipinski definition) is 1. The Balaban J connectivity index is 2.93. The molecular formula is C7H8Cl2OSi. The van der Waals surface area contributed by atoms with Crippen molar-refractivity contribution in [3.8, 4) is 0 Å². The van der Waals surface area contributed by atoms with E-state index in [9.17, 15) is 0 Å². The number of hydrogen-bond donors (Lipinski definition) is 0. The van der Waals surface area contributed by atoms with E-state index < -0.39 is 7.63 Å². The molecule has 0 aliphatic rings. The van der Waals surface area contributed by atoms with Crippen LogP contribution >= 0.6 is 22.9 Å². The van der Waals surface area contributed by atoms with E-state index in [4.69, 9.17) is 26.9 Å². The molecule has 0 aromatic heterocycles. The van der Waals surface area contributed by atoms with E-state index in [0.717, 1.165) is 5.19 Å². The highest BCUT2D eigenvalue weighted by molar-refractivity contribution is 7.24. The molecule has 0 saturated carbocycles. The lowest BCUT2D eigenvalue weighted by molar-refractivity contribution is 0.648. The minimum absolute atomic E-state index is 0.983. The lowest BCUT2D eigenvalue weighted by Crippen LogP contribution is -2.39. The van der Waals surface area contributed by atoms with E-state index >= 15 is 0 Å². The van der Waals surface area contributed by atoms with E-state index in [1.807, 2.05) is 36.9 Å². The second-order valence-electron chi connectivity index (χ2n) is 2.36. The molecule has 0 bridgehead atoms. The molecular weight excluding hydrogens is 199 g/mol. The van der Waals surface area contributed by atoms with Crippen molar-refractivity contribution in [3.05, 3.63) is 30.3 Å². The summed E-state index contributed by atoms with van der Waals surface area (Å²) in [4.78, 5) is 0. The van der Waals surface area contributed by atoms with Crippen molar-refractivity contribution in [3.63, 3.8) is 0 Å². The quantitative estimate of drug-likeness (QED) is 0.534. The highest BCUT2D eigenvalue weighted by Crippen LogP contribution is 2.12. The molecule has 0 N–H and O–H groups in total. The molecule has 0 spiro atoms. The van der Waals surface area contributed by atoms with E-state index in [1.54, 1.807) is 0 Å². The Morgan fingerprint density at radius 1 is 1.27 bits per heavy atom. The van der Waals surface area contributed by atoms with Crippen LogP contribution in [0.5, 0.6) is 0 Å². The number of halogens is 2. The maximum atomic E-state index is 6.03. The molecule has 1 aromatic carbocycles. The lowest BCUT2D eigenvalue weighted by atomic mass is 10.4. The molecule has 0 saturated heterocycles. The van der Waals surface area contributed by atoms with Crippen molar-refractivity contribution < 1.29 is 3.98 Å². The van der Waals surface area contributed by atoms with E-state index in [2.05, 4.69) is 0 Å². The summed E-state index contributed by atoms with van der Waals surface area (Å²) in [7, 11) is -2.32. The Morgan fingerprint density at radius 2 is 1.82 bits per heavy atom. The summed E-state index contributed by atoms with van der Waals surface area (Å²) < 4.78 is 4.70. The number of rotatable bonds is 2. The van der Waals surface area contributed by atoms with Gasteiger partial charge in [-0.2, -0.15) is 0 Å². The molecule has 1 nitrogen and oxygen atoms in total. The molecule has 1 aromatic rings. The Labute approximate surface area is 76.9 Å². The molecule has 0 radical (unpaired) electrons.